The van der Waals surface area contributed by atoms with Crippen molar-refractivity contribution in [3.63, 3.8) is 0 Å². The first-order chi connectivity index (χ1) is 5.77. The van der Waals surface area contributed by atoms with Gasteiger partial charge in [0.25, 0.3) is 0 Å². The second-order valence-electron chi connectivity index (χ2n) is 1.03. The Balaban J connectivity index is 3.15. The Morgan fingerprint density at radius 2 is 2.88 bits per heavy atom. The monoisotopic (exact) mass is 153 g/mol. The molecule has 0 aliphatic carbocycles. The summed E-state index contributed by atoms with van der Waals surface area (Å²) in [5, 5.41) is -0.189. The third-order valence-electron chi connectivity index (χ3n) is 0.567. The van der Waals surface area contributed by atoms with Gasteiger partial charge in [-0.2, -0.15) is 8.75 Å². The lowest BCUT2D eigenvalue weighted by molar-refractivity contribution is 1.08. The molecule has 1 aromatic rings. The van der Waals surface area contributed by atoms with Gasteiger partial charge >= 0.3 is 0 Å². The van der Waals surface area contributed by atoms with Crippen molar-refractivity contribution >= 4 is 23.3 Å². The van der Waals surface area contributed by atoms with Crippen molar-refractivity contribution in [1.82, 2.24) is 8.75 Å². The van der Waals surface area contributed by atoms with E-state index in [-0.39, 0.29) is 10.8 Å². The molecule has 0 atom stereocenters. The van der Waals surface area contributed by atoms with E-state index in [9.17, 15) is 0 Å². The van der Waals surface area contributed by atoms with Crippen LogP contribution in [0.3, 0.4) is 0 Å². The molecule has 2 nitrogen and oxygen atoms in total. The highest BCUT2D eigenvalue weighted by atomic mass is 35.5. The maximum absolute atomic E-state index is 7.30. The molecule has 1 heterocycles. The number of hydrogen-bond donors (Lipinski definition) is 0. The minimum atomic E-state index is -2.79. The molecule has 0 saturated carbocycles. The van der Waals surface area contributed by atoms with Crippen LogP contribution in [0.4, 0.5) is 0 Å². The summed E-state index contributed by atoms with van der Waals surface area (Å²) in [7, 11) is 0. The van der Waals surface area contributed by atoms with Gasteiger partial charge in [0.2, 0.25) is 0 Å². The molecular weight excluding hydrogens is 144 g/mol. The molecule has 0 aromatic carbocycles. The van der Waals surface area contributed by atoms with Crippen molar-refractivity contribution in [3.8, 4) is 0 Å². The van der Waals surface area contributed by atoms with Crippen LogP contribution in [0.5, 0.6) is 0 Å². The van der Waals surface area contributed by atoms with Crippen molar-refractivity contribution < 1.29 is 6.85 Å². The van der Waals surface area contributed by atoms with Crippen LogP contribution in [0.1, 0.15) is 19.4 Å². The fraction of sp³-hybridized carbons (Fsp3) is 0.500. The highest BCUT2D eigenvalue weighted by Gasteiger charge is 1.99. The van der Waals surface area contributed by atoms with E-state index in [0.29, 0.717) is 11.7 Å². The number of aryl methyl sites for hydroxylation is 1. The molecular formula is C4H5ClN2S. The van der Waals surface area contributed by atoms with E-state index in [2.05, 4.69) is 8.75 Å². The summed E-state index contributed by atoms with van der Waals surface area (Å²) in [6, 6.07) is 0. The first-order valence-corrected chi connectivity index (χ1v) is 2.86. The maximum atomic E-state index is 7.30. The van der Waals surface area contributed by atoms with Gasteiger partial charge < -0.3 is 0 Å². The van der Waals surface area contributed by atoms with Crippen LogP contribution < -0.4 is 0 Å². The van der Waals surface area contributed by atoms with E-state index in [4.69, 9.17) is 18.5 Å². The molecule has 0 radical (unpaired) electrons. The Kier molecular flexibility index (Phi) is 0.674. The van der Waals surface area contributed by atoms with Crippen LogP contribution >= 0.6 is 23.3 Å². The minimum Gasteiger partial charge on any atom is -0.176 e. The Morgan fingerprint density at radius 1 is 2.00 bits per heavy atom. The summed E-state index contributed by atoms with van der Waals surface area (Å²) in [6.07, 6.45) is -2.54. The first-order valence-electron chi connectivity index (χ1n) is 4.25. The Bertz CT molecular complexity index is 308. The molecule has 1 aromatic heterocycles. The Hall–Kier alpha value is -0.150. The fourth-order valence-electron chi connectivity index (χ4n) is 0.252. The quantitative estimate of drug-likeness (QED) is 0.615. The van der Waals surface area contributed by atoms with E-state index >= 15 is 0 Å². The van der Waals surface area contributed by atoms with E-state index in [1.807, 2.05) is 0 Å². The lowest BCUT2D eigenvalue weighted by Crippen LogP contribution is -1.76. The Morgan fingerprint density at radius 3 is 3.38 bits per heavy atom. The lowest BCUT2D eigenvalue weighted by Gasteiger charge is -1.81. The molecule has 0 amide bonds. The summed E-state index contributed by atoms with van der Waals surface area (Å²) in [4.78, 5) is 0. The standard InChI is InChI=1S/C4H5ClN2S/c1-2-3-4(5)7-8-6-3/h2H2,1H3/i1D3,2D2. The highest BCUT2D eigenvalue weighted by Crippen LogP contribution is 2.11. The second-order valence-corrected chi connectivity index (χ2v) is 1.92. The predicted molar refractivity (Wildman–Crippen MR) is 34.3 cm³/mol. The van der Waals surface area contributed by atoms with Gasteiger partial charge in [-0.3, -0.25) is 0 Å². The fourth-order valence-corrected chi connectivity index (χ4v) is 0.897. The van der Waals surface area contributed by atoms with Crippen molar-refractivity contribution in [3.05, 3.63) is 10.8 Å². The number of halogens is 1. The molecule has 0 bridgehead atoms. The molecule has 0 spiro atoms. The predicted octanol–water partition coefficient (Wildman–Crippen LogP) is 1.75. The largest absolute Gasteiger partial charge is 0.176 e. The number of nitrogens with zero attached hydrogens (tertiary/aromatic N) is 2. The van der Waals surface area contributed by atoms with Gasteiger partial charge in [0.1, 0.15) is 0 Å². The van der Waals surface area contributed by atoms with Gasteiger partial charge in [-0.05, 0) is 6.37 Å². The summed E-state index contributed by atoms with van der Waals surface area (Å²) in [6.45, 7) is -2.79. The number of rotatable bonds is 1. The topological polar surface area (TPSA) is 25.8 Å². The van der Waals surface area contributed by atoms with Crippen LogP contribution in [-0.2, 0) is 6.37 Å². The molecule has 4 heteroatoms. The summed E-state index contributed by atoms with van der Waals surface area (Å²) >= 11 is 6.16. The van der Waals surface area contributed by atoms with Gasteiger partial charge in [0.05, 0.1) is 17.4 Å². The molecule has 0 N–H and O–H groups in total. The zero-order chi connectivity index (χ0) is 10.3. The number of aromatic nitrogens is 2. The average molecular weight is 154 g/mol. The molecule has 0 fully saturated rings. The molecule has 44 valence electrons. The maximum Gasteiger partial charge on any atom is 0.166 e. The lowest BCUT2D eigenvalue weighted by atomic mass is 10.4. The van der Waals surface area contributed by atoms with Crippen LogP contribution in [0.15, 0.2) is 0 Å². The third kappa shape index (κ3) is 0.980. The summed E-state index contributed by atoms with van der Waals surface area (Å²) in [5.41, 5.74) is -0.320. The van der Waals surface area contributed by atoms with Crippen molar-refractivity contribution in [2.24, 2.45) is 0 Å². The molecule has 0 aliphatic rings. The Labute approximate surface area is 63.9 Å². The van der Waals surface area contributed by atoms with Crippen LogP contribution in [-0.4, -0.2) is 8.75 Å². The van der Waals surface area contributed by atoms with E-state index < -0.39 is 13.2 Å². The van der Waals surface area contributed by atoms with E-state index in [1.165, 1.54) is 0 Å². The van der Waals surface area contributed by atoms with Gasteiger partial charge in [-0.1, -0.05) is 18.5 Å². The van der Waals surface area contributed by atoms with Gasteiger partial charge in [-0.15, -0.1) is 0 Å². The first kappa shape index (κ1) is 2.23. The molecule has 0 unspecified atom stereocenters. The zero-order valence-corrected chi connectivity index (χ0v) is 5.25. The highest BCUT2D eigenvalue weighted by molar-refractivity contribution is 6.99. The third-order valence-corrected chi connectivity index (χ3v) is 1.46. The van der Waals surface area contributed by atoms with E-state index in [1.54, 1.807) is 0 Å². The van der Waals surface area contributed by atoms with Gasteiger partial charge in [0.15, 0.2) is 5.15 Å². The molecule has 0 aliphatic heterocycles. The summed E-state index contributed by atoms with van der Waals surface area (Å²) in [5.74, 6) is 0. The van der Waals surface area contributed by atoms with Crippen molar-refractivity contribution in [1.29, 1.82) is 0 Å². The van der Waals surface area contributed by atoms with Gasteiger partial charge in [-0.25, -0.2) is 0 Å². The van der Waals surface area contributed by atoms with Crippen molar-refractivity contribution in [2.75, 3.05) is 0 Å². The zero-order valence-electron chi connectivity index (χ0n) is 8.68. The average Bonchev–Trinajstić information content (AvgIpc) is 2.32. The minimum absolute atomic E-state index is 0.189. The number of hydrogen-bond acceptors (Lipinski definition) is 3. The van der Waals surface area contributed by atoms with E-state index in [0.717, 1.165) is 0 Å². The molecule has 0 saturated heterocycles. The molecule has 8 heavy (non-hydrogen) atoms. The van der Waals surface area contributed by atoms with Gasteiger partial charge in [0, 0.05) is 6.85 Å². The van der Waals surface area contributed by atoms with Crippen LogP contribution in [0.2, 0.25) is 5.15 Å². The summed E-state index contributed by atoms with van der Waals surface area (Å²) < 4.78 is 42.5. The smallest absolute Gasteiger partial charge is 0.166 e. The molecule has 1 rings (SSSR count). The SMILES string of the molecule is [2H]C([2H])([2H])C([2H])([2H])c1nsnc1Cl. The van der Waals surface area contributed by atoms with Crippen molar-refractivity contribution in [2.45, 2.75) is 13.2 Å². The van der Waals surface area contributed by atoms with Crippen LogP contribution in [0.25, 0.3) is 0 Å². The van der Waals surface area contributed by atoms with Crippen LogP contribution in [0, 0.1) is 0 Å². The normalized spacial score (nSPS) is 22.4. The second kappa shape index (κ2) is 2.42.